The number of pyridine rings is 1. The standard InChI is InChI=1S/C21H22N4O3/c26-18-7-4-10-25-19(18)23-13-17(21(25)28)20(27)22-9-12-24-11-8-16(14-24)15-5-2-1-3-6-15/h1-7,10,13,16,26H,8-9,11-12,14H2,(H,22,27)/t16-/m1/s1. The van der Waals surface area contributed by atoms with Crippen LogP contribution in [0.4, 0.5) is 0 Å². The molecule has 1 atom stereocenters. The first kappa shape index (κ1) is 18.2. The lowest BCUT2D eigenvalue weighted by Crippen LogP contribution is -2.36. The van der Waals surface area contributed by atoms with Gasteiger partial charge in [0.25, 0.3) is 11.5 Å². The second-order valence-electron chi connectivity index (χ2n) is 7.02. The van der Waals surface area contributed by atoms with Gasteiger partial charge >= 0.3 is 0 Å². The Hall–Kier alpha value is -3.19. The number of carbonyl (C=O) groups is 1. The zero-order valence-electron chi connectivity index (χ0n) is 15.4. The highest BCUT2D eigenvalue weighted by Gasteiger charge is 2.23. The van der Waals surface area contributed by atoms with Gasteiger partial charge in [0.05, 0.1) is 0 Å². The molecule has 4 rings (SSSR count). The van der Waals surface area contributed by atoms with Gasteiger partial charge in [-0.25, -0.2) is 4.98 Å². The van der Waals surface area contributed by atoms with Crippen LogP contribution in [0.25, 0.3) is 5.65 Å². The molecule has 3 heterocycles. The third kappa shape index (κ3) is 3.61. The summed E-state index contributed by atoms with van der Waals surface area (Å²) in [5.74, 6) is -0.0264. The highest BCUT2D eigenvalue weighted by Crippen LogP contribution is 2.26. The Bertz CT molecular complexity index is 1050. The molecule has 1 aromatic carbocycles. The molecule has 28 heavy (non-hydrogen) atoms. The maximum Gasteiger partial charge on any atom is 0.270 e. The largest absolute Gasteiger partial charge is 0.504 e. The first-order chi connectivity index (χ1) is 13.6. The molecule has 7 nitrogen and oxygen atoms in total. The van der Waals surface area contributed by atoms with Crippen molar-refractivity contribution in [1.82, 2.24) is 19.6 Å². The van der Waals surface area contributed by atoms with Crippen LogP contribution in [0.15, 0.2) is 59.7 Å². The first-order valence-corrected chi connectivity index (χ1v) is 9.38. The molecule has 0 bridgehead atoms. The number of aromatic nitrogens is 2. The van der Waals surface area contributed by atoms with Crippen molar-refractivity contribution in [3.05, 3.63) is 76.3 Å². The maximum absolute atomic E-state index is 12.5. The topological polar surface area (TPSA) is 86.9 Å². The normalized spacial score (nSPS) is 17.1. The maximum atomic E-state index is 12.5. The first-order valence-electron chi connectivity index (χ1n) is 9.38. The molecular formula is C21H22N4O3. The van der Waals surface area contributed by atoms with E-state index in [-0.39, 0.29) is 17.0 Å². The molecule has 1 fully saturated rings. The van der Waals surface area contributed by atoms with Crippen molar-refractivity contribution in [2.24, 2.45) is 0 Å². The van der Waals surface area contributed by atoms with E-state index >= 15 is 0 Å². The minimum Gasteiger partial charge on any atom is -0.504 e. The third-order valence-corrected chi connectivity index (χ3v) is 5.21. The molecule has 1 aliphatic rings. The van der Waals surface area contributed by atoms with Crippen LogP contribution in [0.1, 0.15) is 28.3 Å². The Morgan fingerprint density at radius 2 is 2.04 bits per heavy atom. The third-order valence-electron chi connectivity index (χ3n) is 5.21. The second kappa shape index (κ2) is 7.82. The minimum atomic E-state index is -0.497. The molecule has 1 aliphatic heterocycles. The van der Waals surface area contributed by atoms with E-state index < -0.39 is 11.5 Å². The molecule has 1 amide bonds. The average molecular weight is 378 g/mol. The summed E-state index contributed by atoms with van der Waals surface area (Å²) in [6.07, 6.45) is 3.81. The SMILES string of the molecule is O=C(NCCN1CC[C@@H](c2ccccc2)C1)c1cnc2c(O)cccn2c1=O. The molecule has 2 aromatic heterocycles. The van der Waals surface area contributed by atoms with Gasteiger partial charge in [-0.15, -0.1) is 0 Å². The molecule has 2 N–H and O–H groups in total. The summed E-state index contributed by atoms with van der Waals surface area (Å²) in [7, 11) is 0. The molecule has 0 radical (unpaired) electrons. The van der Waals surface area contributed by atoms with Crippen LogP contribution in [0.3, 0.4) is 0 Å². The van der Waals surface area contributed by atoms with E-state index in [1.54, 1.807) is 0 Å². The van der Waals surface area contributed by atoms with Crippen LogP contribution in [0, 0.1) is 0 Å². The van der Waals surface area contributed by atoms with Crippen LogP contribution in [0.5, 0.6) is 5.75 Å². The number of likely N-dealkylation sites (tertiary alicyclic amines) is 1. The van der Waals surface area contributed by atoms with Crippen LogP contribution >= 0.6 is 0 Å². The monoisotopic (exact) mass is 378 g/mol. The summed E-state index contributed by atoms with van der Waals surface area (Å²) in [5.41, 5.74) is 0.955. The van der Waals surface area contributed by atoms with Crippen molar-refractivity contribution in [2.45, 2.75) is 12.3 Å². The van der Waals surface area contributed by atoms with Gasteiger partial charge in [0, 0.05) is 32.0 Å². The Morgan fingerprint density at radius 1 is 1.21 bits per heavy atom. The lowest BCUT2D eigenvalue weighted by Gasteiger charge is -2.16. The molecule has 144 valence electrons. The number of hydrogen-bond acceptors (Lipinski definition) is 5. The second-order valence-corrected chi connectivity index (χ2v) is 7.02. The van der Waals surface area contributed by atoms with E-state index in [4.69, 9.17) is 0 Å². The van der Waals surface area contributed by atoms with Crippen molar-refractivity contribution in [2.75, 3.05) is 26.2 Å². The number of amides is 1. The van der Waals surface area contributed by atoms with Crippen LogP contribution in [-0.2, 0) is 0 Å². The fourth-order valence-corrected chi connectivity index (χ4v) is 3.70. The molecule has 0 aliphatic carbocycles. The smallest absolute Gasteiger partial charge is 0.270 e. The molecule has 1 saturated heterocycles. The lowest BCUT2D eigenvalue weighted by atomic mass is 9.99. The summed E-state index contributed by atoms with van der Waals surface area (Å²) in [6, 6.07) is 13.4. The van der Waals surface area contributed by atoms with Gasteiger partial charge < -0.3 is 15.3 Å². The highest BCUT2D eigenvalue weighted by molar-refractivity contribution is 5.93. The Balaban J connectivity index is 1.35. The van der Waals surface area contributed by atoms with Gasteiger partial charge in [0.15, 0.2) is 11.4 Å². The van der Waals surface area contributed by atoms with Crippen molar-refractivity contribution < 1.29 is 9.90 Å². The van der Waals surface area contributed by atoms with Gasteiger partial charge in [-0.1, -0.05) is 30.3 Å². The molecule has 0 saturated carbocycles. The van der Waals surface area contributed by atoms with E-state index in [9.17, 15) is 14.7 Å². The van der Waals surface area contributed by atoms with E-state index in [1.807, 2.05) is 6.07 Å². The highest BCUT2D eigenvalue weighted by atomic mass is 16.3. The van der Waals surface area contributed by atoms with Crippen molar-refractivity contribution in [3.63, 3.8) is 0 Å². The number of carbonyl (C=O) groups excluding carboxylic acids is 1. The fourth-order valence-electron chi connectivity index (χ4n) is 3.70. The average Bonchev–Trinajstić information content (AvgIpc) is 3.18. The number of fused-ring (bicyclic) bond motifs is 1. The van der Waals surface area contributed by atoms with Gasteiger partial charge in [0.1, 0.15) is 5.56 Å². The van der Waals surface area contributed by atoms with E-state index in [2.05, 4.69) is 39.5 Å². The molecule has 7 heteroatoms. The van der Waals surface area contributed by atoms with Crippen molar-refractivity contribution in [3.8, 4) is 5.75 Å². The van der Waals surface area contributed by atoms with E-state index in [0.717, 1.165) is 26.1 Å². The number of nitrogens with zero attached hydrogens (tertiary/aromatic N) is 3. The van der Waals surface area contributed by atoms with Gasteiger partial charge in [-0.05, 0) is 36.6 Å². The number of aromatic hydroxyl groups is 1. The summed E-state index contributed by atoms with van der Waals surface area (Å²) < 4.78 is 1.18. The van der Waals surface area contributed by atoms with Crippen LogP contribution in [-0.4, -0.2) is 51.5 Å². The van der Waals surface area contributed by atoms with Gasteiger partial charge in [-0.3, -0.25) is 14.0 Å². The van der Waals surface area contributed by atoms with E-state index in [1.165, 1.54) is 34.5 Å². The Morgan fingerprint density at radius 3 is 2.86 bits per heavy atom. The fraction of sp³-hybridized carbons (Fsp3) is 0.286. The molecule has 0 spiro atoms. The summed E-state index contributed by atoms with van der Waals surface area (Å²) in [4.78, 5) is 31.2. The number of benzene rings is 1. The zero-order valence-corrected chi connectivity index (χ0v) is 15.4. The van der Waals surface area contributed by atoms with Gasteiger partial charge in [0.2, 0.25) is 0 Å². The lowest BCUT2D eigenvalue weighted by molar-refractivity contribution is 0.0947. The molecule has 3 aromatic rings. The molecule has 0 unspecified atom stereocenters. The predicted molar refractivity (Wildman–Crippen MR) is 106 cm³/mol. The number of hydrogen-bond donors (Lipinski definition) is 2. The summed E-state index contributed by atoms with van der Waals surface area (Å²) in [5, 5.41) is 12.6. The Kier molecular flexibility index (Phi) is 5.08. The summed E-state index contributed by atoms with van der Waals surface area (Å²) >= 11 is 0. The zero-order chi connectivity index (χ0) is 19.5. The predicted octanol–water partition coefficient (Wildman–Crippen LogP) is 1.62. The molecular weight excluding hydrogens is 356 g/mol. The van der Waals surface area contributed by atoms with Crippen molar-refractivity contribution in [1.29, 1.82) is 0 Å². The Labute approximate surface area is 162 Å². The minimum absolute atomic E-state index is 0.0355. The van der Waals surface area contributed by atoms with Crippen molar-refractivity contribution >= 4 is 11.6 Å². The van der Waals surface area contributed by atoms with Crippen LogP contribution in [0.2, 0.25) is 0 Å². The van der Waals surface area contributed by atoms with Gasteiger partial charge in [-0.2, -0.15) is 0 Å². The van der Waals surface area contributed by atoms with E-state index in [0.29, 0.717) is 12.5 Å². The van der Waals surface area contributed by atoms with Crippen LogP contribution < -0.4 is 10.9 Å². The number of nitrogens with one attached hydrogen (secondary N) is 1. The summed E-state index contributed by atoms with van der Waals surface area (Å²) in [6.45, 7) is 3.16. The number of rotatable bonds is 5. The quantitative estimate of drug-likeness (QED) is 0.705.